The summed E-state index contributed by atoms with van der Waals surface area (Å²) >= 11 is 0. The van der Waals surface area contributed by atoms with Crippen molar-refractivity contribution in [2.45, 2.75) is 19.0 Å². The Morgan fingerprint density at radius 3 is 2.24 bits per heavy atom. The lowest BCUT2D eigenvalue weighted by Gasteiger charge is -2.33. The fraction of sp³-hybridized carbons (Fsp3) is 0.429. The van der Waals surface area contributed by atoms with Gasteiger partial charge in [-0.25, -0.2) is 22.8 Å². The van der Waals surface area contributed by atoms with Crippen LogP contribution >= 0.6 is 0 Å². The fourth-order valence-electron chi connectivity index (χ4n) is 3.51. The van der Waals surface area contributed by atoms with Gasteiger partial charge in [-0.15, -0.1) is 0 Å². The van der Waals surface area contributed by atoms with E-state index in [1.807, 2.05) is 0 Å². The Hall–Kier alpha value is -3.06. The van der Waals surface area contributed by atoms with E-state index in [0.29, 0.717) is 6.07 Å². The second kappa shape index (κ2) is 11.4. The predicted molar refractivity (Wildman–Crippen MR) is 106 cm³/mol. The number of allylic oxidation sites excluding steroid dienone is 1. The quantitative estimate of drug-likeness (QED) is 0.308. The van der Waals surface area contributed by atoms with Crippen LogP contribution in [-0.4, -0.2) is 52.1 Å². The molecule has 0 spiro atoms. The van der Waals surface area contributed by atoms with E-state index in [-0.39, 0.29) is 31.5 Å². The second-order valence-electron chi connectivity index (χ2n) is 6.85. The molecule has 1 aliphatic rings. The van der Waals surface area contributed by atoms with Gasteiger partial charge in [0.05, 0.1) is 61.0 Å². The van der Waals surface area contributed by atoms with Crippen molar-refractivity contribution in [3.8, 4) is 0 Å². The largest absolute Gasteiger partial charge is 0.466 e. The van der Waals surface area contributed by atoms with Crippen LogP contribution in [0.4, 0.5) is 26.3 Å². The summed E-state index contributed by atoms with van der Waals surface area (Å²) in [6, 6.07) is 0.651. The van der Waals surface area contributed by atoms with E-state index in [0.717, 1.165) is 7.11 Å². The van der Waals surface area contributed by atoms with Gasteiger partial charge in [-0.2, -0.15) is 13.2 Å². The molecule has 1 heterocycles. The smallest absolute Gasteiger partial charge is 0.419 e. The SMILES string of the molecule is CCOC(=O)C1=C(COCCN)NC(CF)=C(C(=O)OC)C1c1c(F)ccc(F)c1C(F)(F)F. The summed E-state index contributed by atoms with van der Waals surface area (Å²) in [7, 11) is 0.850. The highest BCUT2D eigenvalue weighted by molar-refractivity contribution is 6.00. The highest BCUT2D eigenvalue weighted by atomic mass is 19.4. The average Bonchev–Trinajstić information content (AvgIpc) is 2.78. The molecule has 0 bridgehead atoms. The number of carbonyl (C=O) groups is 2. The summed E-state index contributed by atoms with van der Waals surface area (Å²) in [5.74, 6) is -8.32. The third kappa shape index (κ3) is 5.53. The number of hydrogen-bond acceptors (Lipinski definition) is 7. The predicted octanol–water partition coefficient (Wildman–Crippen LogP) is 2.86. The highest BCUT2D eigenvalue weighted by Gasteiger charge is 2.47. The Bertz CT molecular complexity index is 1010. The molecule has 2 rings (SSSR count). The molecule has 1 atom stereocenters. The normalized spacial score (nSPS) is 16.4. The Labute approximate surface area is 190 Å². The van der Waals surface area contributed by atoms with Gasteiger partial charge in [-0.3, -0.25) is 0 Å². The van der Waals surface area contributed by atoms with Crippen LogP contribution in [0.3, 0.4) is 0 Å². The van der Waals surface area contributed by atoms with E-state index >= 15 is 0 Å². The molecule has 0 radical (unpaired) electrons. The number of alkyl halides is 4. The third-order valence-corrected chi connectivity index (χ3v) is 4.79. The molecule has 0 saturated heterocycles. The molecule has 13 heteroatoms. The molecule has 1 aliphatic heterocycles. The Kier molecular flexibility index (Phi) is 9.10. The molecule has 3 N–H and O–H groups in total. The maximum absolute atomic E-state index is 15.0. The summed E-state index contributed by atoms with van der Waals surface area (Å²) in [5, 5.41) is 2.43. The fourth-order valence-corrected chi connectivity index (χ4v) is 3.51. The van der Waals surface area contributed by atoms with Crippen molar-refractivity contribution >= 4 is 11.9 Å². The van der Waals surface area contributed by atoms with Crippen LogP contribution in [0.5, 0.6) is 0 Å². The summed E-state index contributed by atoms with van der Waals surface area (Å²) in [5.41, 5.74) is -0.614. The minimum absolute atomic E-state index is 0.0292. The number of carbonyl (C=O) groups excluding carboxylic acids is 2. The molecule has 1 aromatic rings. The van der Waals surface area contributed by atoms with Gasteiger partial charge >= 0.3 is 18.1 Å². The first-order valence-electron chi connectivity index (χ1n) is 9.90. The summed E-state index contributed by atoms with van der Waals surface area (Å²) < 4.78 is 99.6. The molecule has 0 saturated carbocycles. The number of dihydropyridines is 1. The van der Waals surface area contributed by atoms with Gasteiger partial charge in [0.15, 0.2) is 0 Å². The molecule has 1 unspecified atom stereocenters. The van der Waals surface area contributed by atoms with E-state index in [1.54, 1.807) is 0 Å². The van der Waals surface area contributed by atoms with Crippen LogP contribution in [0.2, 0.25) is 0 Å². The highest BCUT2D eigenvalue weighted by Crippen LogP contribution is 2.46. The molecular formula is C21H22F6N2O5. The molecule has 0 aromatic heterocycles. The maximum Gasteiger partial charge on any atom is 0.419 e. The van der Waals surface area contributed by atoms with Crippen molar-refractivity contribution in [3.63, 3.8) is 0 Å². The molecule has 7 nitrogen and oxygen atoms in total. The van der Waals surface area contributed by atoms with Crippen LogP contribution < -0.4 is 11.1 Å². The van der Waals surface area contributed by atoms with Crippen molar-refractivity contribution in [1.82, 2.24) is 5.32 Å². The van der Waals surface area contributed by atoms with E-state index in [9.17, 15) is 35.9 Å². The minimum atomic E-state index is -5.44. The van der Waals surface area contributed by atoms with Crippen molar-refractivity contribution in [3.05, 3.63) is 57.4 Å². The van der Waals surface area contributed by atoms with E-state index in [1.165, 1.54) is 6.92 Å². The van der Waals surface area contributed by atoms with Gasteiger partial charge < -0.3 is 25.3 Å². The Morgan fingerprint density at radius 1 is 1.09 bits per heavy atom. The number of nitrogens with one attached hydrogen (secondary N) is 1. The lowest BCUT2D eigenvalue weighted by molar-refractivity contribution is -0.143. The first kappa shape index (κ1) is 27.2. The number of methoxy groups -OCH3 is 1. The zero-order valence-electron chi connectivity index (χ0n) is 18.2. The number of halogens is 6. The Morgan fingerprint density at radius 2 is 1.71 bits per heavy atom. The Balaban J connectivity index is 2.99. The van der Waals surface area contributed by atoms with Gasteiger partial charge in [0, 0.05) is 12.1 Å². The zero-order chi connectivity index (χ0) is 25.6. The van der Waals surface area contributed by atoms with Crippen molar-refractivity contribution in [2.24, 2.45) is 5.73 Å². The molecule has 188 valence electrons. The first-order chi connectivity index (χ1) is 16.0. The number of hydrogen-bond donors (Lipinski definition) is 2. The molecule has 1 aromatic carbocycles. The number of ether oxygens (including phenoxy) is 3. The molecular weight excluding hydrogens is 474 g/mol. The van der Waals surface area contributed by atoms with E-state index in [4.69, 9.17) is 15.2 Å². The zero-order valence-corrected chi connectivity index (χ0v) is 18.2. The topological polar surface area (TPSA) is 99.9 Å². The van der Waals surface area contributed by atoms with Crippen molar-refractivity contribution in [1.29, 1.82) is 0 Å². The van der Waals surface area contributed by atoms with Crippen LogP contribution in [0, 0.1) is 11.6 Å². The van der Waals surface area contributed by atoms with Crippen LogP contribution in [0.1, 0.15) is 24.0 Å². The number of esters is 2. The standard InChI is InChI=1S/C21H22F6N2O5/c1-3-34-20(31)16-13(9-33-7-6-28)29-12(8-22)15(19(30)32-2)17(16)14-10(23)4-5-11(24)18(14)21(25,26)27/h4-5,17,29H,3,6-9,28H2,1-2H3. The number of nitrogens with two attached hydrogens (primary N) is 1. The van der Waals surface area contributed by atoms with Gasteiger partial charge in [0.2, 0.25) is 0 Å². The minimum Gasteiger partial charge on any atom is -0.466 e. The summed E-state index contributed by atoms with van der Waals surface area (Å²) in [6.07, 6.45) is -5.44. The van der Waals surface area contributed by atoms with Gasteiger partial charge in [-0.1, -0.05) is 0 Å². The summed E-state index contributed by atoms with van der Waals surface area (Å²) in [6.45, 7) is -0.860. The second-order valence-corrected chi connectivity index (χ2v) is 6.85. The maximum atomic E-state index is 15.0. The van der Waals surface area contributed by atoms with Crippen LogP contribution in [0.25, 0.3) is 0 Å². The van der Waals surface area contributed by atoms with Crippen molar-refractivity contribution in [2.75, 3.05) is 40.1 Å². The monoisotopic (exact) mass is 496 g/mol. The van der Waals surface area contributed by atoms with E-state index < -0.39 is 76.9 Å². The van der Waals surface area contributed by atoms with Crippen LogP contribution in [0.15, 0.2) is 34.7 Å². The number of rotatable bonds is 9. The molecule has 0 amide bonds. The molecule has 0 fully saturated rings. The van der Waals surface area contributed by atoms with Gasteiger partial charge in [0.25, 0.3) is 0 Å². The average molecular weight is 496 g/mol. The lowest BCUT2D eigenvalue weighted by atomic mass is 9.77. The molecule has 0 aliphatic carbocycles. The van der Waals surface area contributed by atoms with Crippen LogP contribution in [-0.2, 0) is 30.0 Å². The van der Waals surface area contributed by atoms with Gasteiger partial charge in [0.1, 0.15) is 18.3 Å². The molecule has 34 heavy (non-hydrogen) atoms. The lowest BCUT2D eigenvalue weighted by Crippen LogP contribution is -2.37. The van der Waals surface area contributed by atoms with E-state index in [2.05, 4.69) is 10.1 Å². The third-order valence-electron chi connectivity index (χ3n) is 4.79. The first-order valence-corrected chi connectivity index (χ1v) is 9.90. The summed E-state index contributed by atoms with van der Waals surface area (Å²) in [4.78, 5) is 25.4. The van der Waals surface area contributed by atoms with Crippen molar-refractivity contribution < 1.29 is 50.1 Å². The van der Waals surface area contributed by atoms with Gasteiger partial charge in [-0.05, 0) is 19.1 Å². The number of benzene rings is 1.